The van der Waals surface area contributed by atoms with E-state index in [-0.39, 0.29) is 48.3 Å². The molecule has 0 spiro atoms. The van der Waals surface area contributed by atoms with Gasteiger partial charge in [-0.05, 0) is 44.5 Å². The zero-order valence-electron chi connectivity index (χ0n) is 20.7. The molecular formula is C25H34FN3O5S. The van der Waals surface area contributed by atoms with Crippen LogP contribution in [0.15, 0.2) is 47.4 Å². The minimum atomic E-state index is -4.02. The number of sulfonamides is 1. The first-order valence-corrected chi connectivity index (χ1v) is 13.1. The van der Waals surface area contributed by atoms with Crippen LogP contribution in [0.5, 0.6) is 5.75 Å². The van der Waals surface area contributed by atoms with Gasteiger partial charge in [0.05, 0.1) is 13.2 Å². The van der Waals surface area contributed by atoms with Crippen LogP contribution < -0.4 is 10.1 Å². The summed E-state index contributed by atoms with van der Waals surface area (Å²) < 4.78 is 49.2. The van der Waals surface area contributed by atoms with Crippen molar-refractivity contribution in [2.24, 2.45) is 5.92 Å². The van der Waals surface area contributed by atoms with Crippen LogP contribution in [-0.4, -0.2) is 73.7 Å². The van der Waals surface area contributed by atoms with Crippen molar-refractivity contribution >= 4 is 16.1 Å². The van der Waals surface area contributed by atoms with Gasteiger partial charge < -0.3 is 20.1 Å². The third-order valence-electron chi connectivity index (χ3n) is 6.06. The van der Waals surface area contributed by atoms with Crippen LogP contribution in [0.4, 0.5) is 9.18 Å². The molecule has 2 aromatic rings. The molecule has 1 aliphatic rings. The second kappa shape index (κ2) is 10.9. The summed E-state index contributed by atoms with van der Waals surface area (Å²) >= 11 is 0. The van der Waals surface area contributed by atoms with E-state index in [1.54, 1.807) is 38.2 Å². The van der Waals surface area contributed by atoms with Crippen LogP contribution >= 0.6 is 0 Å². The Balaban J connectivity index is 2.09. The molecule has 0 radical (unpaired) electrons. The number of carbonyl (C=O) groups excluding carboxylic acids is 1. The number of urea groups is 1. The predicted octanol–water partition coefficient (Wildman–Crippen LogP) is 3.31. The molecule has 1 heterocycles. The summed E-state index contributed by atoms with van der Waals surface area (Å²) in [6, 6.07) is 9.71. The number of fused-ring (bicyclic) bond motifs is 1. The van der Waals surface area contributed by atoms with Gasteiger partial charge in [0.15, 0.2) is 0 Å². The zero-order valence-corrected chi connectivity index (χ0v) is 21.5. The van der Waals surface area contributed by atoms with Gasteiger partial charge in [-0.15, -0.1) is 0 Å². The van der Waals surface area contributed by atoms with Crippen LogP contribution in [0.25, 0.3) is 11.1 Å². The Morgan fingerprint density at radius 3 is 2.57 bits per heavy atom. The van der Waals surface area contributed by atoms with Crippen LogP contribution in [0.2, 0.25) is 0 Å². The van der Waals surface area contributed by atoms with E-state index in [1.807, 2.05) is 20.8 Å². The molecule has 35 heavy (non-hydrogen) atoms. The number of benzene rings is 2. The third kappa shape index (κ3) is 5.94. The van der Waals surface area contributed by atoms with Crippen LogP contribution in [0.3, 0.4) is 0 Å². The van der Waals surface area contributed by atoms with Crippen molar-refractivity contribution < 1.29 is 27.4 Å². The second-order valence-electron chi connectivity index (χ2n) is 9.37. The van der Waals surface area contributed by atoms with Crippen molar-refractivity contribution in [3.8, 4) is 16.9 Å². The summed E-state index contributed by atoms with van der Waals surface area (Å²) in [5.41, 5.74) is 0.786. The molecule has 3 atom stereocenters. The van der Waals surface area contributed by atoms with Crippen molar-refractivity contribution in [3.05, 3.63) is 48.3 Å². The molecule has 8 nitrogen and oxygen atoms in total. The van der Waals surface area contributed by atoms with Gasteiger partial charge in [0, 0.05) is 37.2 Å². The standard InChI is InChI=1S/C25H34FN3O5S/c1-16(2)27-25(31)28(5)14-23-17(3)13-29(18(4)15-30)35(32,33)24-11-10-19(12-22(24)34-23)20-8-6-7-9-21(20)26/h6-12,16-18,23,30H,13-15H2,1-5H3,(H,27,31)/t17-,18-,23+/m1/s1. The topological polar surface area (TPSA) is 99.2 Å². The summed E-state index contributed by atoms with van der Waals surface area (Å²) in [4.78, 5) is 13.9. The van der Waals surface area contributed by atoms with E-state index in [0.29, 0.717) is 11.1 Å². The van der Waals surface area contributed by atoms with Gasteiger partial charge in [-0.1, -0.05) is 31.2 Å². The van der Waals surface area contributed by atoms with Crippen molar-refractivity contribution in [1.29, 1.82) is 0 Å². The van der Waals surface area contributed by atoms with Gasteiger partial charge in [0.1, 0.15) is 22.6 Å². The number of aliphatic hydroxyl groups is 1. The summed E-state index contributed by atoms with van der Waals surface area (Å²) in [6.45, 7) is 7.15. The highest BCUT2D eigenvalue weighted by atomic mass is 32.2. The fourth-order valence-corrected chi connectivity index (χ4v) is 5.84. The monoisotopic (exact) mass is 507 g/mol. The second-order valence-corrected chi connectivity index (χ2v) is 11.2. The number of halogens is 1. The van der Waals surface area contributed by atoms with Crippen LogP contribution in [0, 0.1) is 11.7 Å². The quantitative estimate of drug-likeness (QED) is 0.625. The summed E-state index contributed by atoms with van der Waals surface area (Å²) in [6.07, 6.45) is -0.559. The Morgan fingerprint density at radius 1 is 1.26 bits per heavy atom. The SMILES string of the molecule is CC(C)NC(=O)N(C)C[C@@H]1Oc2cc(-c3ccccc3F)ccc2S(=O)(=O)N([C@H](C)CO)C[C@H]1C. The summed E-state index contributed by atoms with van der Waals surface area (Å²) in [5, 5.41) is 12.6. The molecular weight excluding hydrogens is 473 g/mol. The van der Waals surface area contributed by atoms with Gasteiger partial charge in [-0.2, -0.15) is 4.31 Å². The molecule has 2 aromatic carbocycles. The highest BCUT2D eigenvalue weighted by molar-refractivity contribution is 7.89. The maximum atomic E-state index is 14.5. The number of aliphatic hydroxyl groups excluding tert-OH is 1. The Morgan fingerprint density at radius 2 is 1.94 bits per heavy atom. The largest absolute Gasteiger partial charge is 0.487 e. The van der Waals surface area contributed by atoms with E-state index in [9.17, 15) is 22.7 Å². The first kappa shape index (κ1) is 26.9. The number of ether oxygens (including phenoxy) is 1. The minimum absolute atomic E-state index is 0.0456. The Labute approximate surface area is 206 Å². The maximum Gasteiger partial charge on any atom is 0.317 e. The lowest BCUT2D eigenvalue weighted by atomic mass is 10.0. The first-order valence-electron chi connectivity index (χ1n) is 11.7. The fourth-order valence-electron chi connectivity index (χ4n) is 4.02. The molecule has 0 bridgehead atoms. The van der Waals surface area contributed by atoms with E-state index in [1.165, 1.54) is 27.4 Å². The number of nitrogens with zero attached hydrogens (tertiary/aromatic N) is 2. The van der Waals surface area contributed by atoms with E-state index in [4.69, 9.17) is 4.74 Å². The Hall–Kier alpha value is -2.69. The molecule has 0 unspecified atom stereocenters. The molecule has 3 rings (SSSR count). The summed E-state index contributed by atoms with van der Waals surface area (Å²) in [5.74, 6) is -0.680. The average molecular weight is 508 g/mol. The maximum absolute atomic E-state index is 14.5. The van der Waals surface area contributed by atoms with E-state index < -0.39 is 28.0 Å². The lowest BCUT2D eigenvalue weighted by molar-refractivity contribution is 0.0810. The predicted molar refractivity (Wildman–Crippen MR) is 132 cm³/mol. The number of hydrogen-bond donors (Lipinski definition) is 2. The van der Waals surface area contributed by atoms with E-state index in [0.717, 1.165) is 0 Å². The molecule has 0 aromatic heterocycles. The molecule has 2 N–H and O–H groups in total. The van der Waals surface area contributed by atoms with Gasteiger partial charge in [0.2, 0.25) is 10.0 Å². The van der Waals surface area contributed by atoms with Gasteiger partial charge in [-0.25, -0.2) is 17.6 Å². The normalized spacial score (nSPS) is 20.8. The van der Waals surface area contributed by atoms with Crippen molar-refractivity contribution in [2.45, 2.75) is 50.8 Å². The third-order valence-corrected chi connectivity index (χ3v) is 8.08. The number of hydrogen-bond acceptors (Lipinski definition) is 5. The molecule has 10 heteroatoms. The Kier molecular flexibility index (Phi) is 8.40. The number of rotatable bonds is 6. The molecule has 0 fully saturated rings. The van der Waals surface area contributed by atoms with Crippen molar-refractivity contribution in [3.63, 3.8) is 0 Å². The lowest BCUT2D eigenvalue weighted by Crippen LogP contribution is -2.51. The molecule has 0 aliphatic carbocycles. The van der Waals surface area contributed by atoms with Crippen LogP contribution in [0.1, 0.15) is 27.7 Å². The molecule has 192 valence electrons. The minimum Gasteiger partial charge on any atom is -0.487 e. The number of likely N-dealkylation sites (N-methyl/N-ethyl adjacent to an activating group) is 1. The highest BCUT2D eigenvalue weighted by Gasteiger charge is 2.38. The van der Waals surface area contributed by atoms with Gasteiger partial charge >= 0.3 is 6.03 Å². The molecule has 1 aliphatic heterocycles. The molecule has 0 saturated carbocycles. The van der Waals surface area contributed by atoms with E-state index >= 15 is 0 Å². The first-order chi connectivity index (χ1) is 16.4. The Bertz CT molecular complexity index is 1160. The van der Waals surface area contributed by atoms with Crippen molar-refractivity contribution in [1.82, 2.24) is 14.5 Å². The fraction of sp³-hybridized carbons (Fsp3) is 0.480. The molecule has 0 saturated heterocycles. The molecule has 2 amide bonds. The average Bonchev–Trinajstić information content (AvgIpc) is 2.80. The lowest BCUT2D eigenvalue weighted by Gasteiger charge is -2.37. The van der Waals surface area contributed by atoms with Crippen molar-refractivity contribution in [2.75, 3.05) is 26.7 Å². The van der Waals surface area contributed by atoms with Crippen LogP contribution in [-0.2, 0) is 10.0 Å². The number of carbonyl (C=O) groups is 1. The highest BCUT2D eigenvalue weighted by Crippen LogP contribution is 2.37. The van der Waals surface area contributed by atoms with Gasteiger partial charge in [-0.3, -0.25) is 0 Å². The number of nitrogens with one attached hydrogen (secondary N) is 1. The smallest absolute Gasteiger partial charge is 0.317 e. The number of amides is 2. The summed E-state index contributed by atoms with van der Waals surface area (Å²) in [7, 11) is -2.37. The van der Waals surface area contributed by atoms with E-state index in [2.05, 4.69) is 5.32 Å². The van der Waals surface area contributed by atoms with Gasteiger partial charge in [0.25, 0.3) is 0 Å². The zero-order chi connectivity index (χ0) is 25.9.